The molecule has 1 N–H and O–H groups in total. The Morgan fingerprint density at radius 2 is 1.67 bits per heavy atom. The predicted octanol–water partition coefficient (Wildman–Crippen LogP) is 4.37. The molecule has 2 aromatic carbocycles. The van der Waals surface area contributed by atoms with Crippen molar-refractivity contribution in [1.82, 2.24) is 0 Å². The third kappa shape index (κ3) is 3.21. The molecule has 1 unspecified atom stereocenters. The zero-order valence-corrected chi connectivity index (χ0v) is 10.9. The van der Waals surface area contributed by atoms with Crippen molar-refractivity contribution in [3.63, 3.8) is 0 Å². The molecule has 2 rings (SSSR count). The number of halogens is 5. The third-order valence-corrected chi connectivity index (χ3v) is 3.10. The minimum absolute atomic E-state index is 0.0486. The second-order valence-corrected chi connectivity index (χ2v) is 4.65. The van der Waals surface area contributed by atoms with Gasteiger partial charge in [0.1, 0.15) is 17.7 Å². The Kier molecular flexibility index (Phi) is 4.00. The van der Waals surface area contributed by atoms with Gasteiger partial charge in [0.2, 0.25) is 0 Å². The summed E-state index contributed by atoms with van der Waals surface area (Å²) in [4.78, 5) is 0. The SMILES string of the molecule is Cc1cc(F)c(C(O)c2cccc(C(F)(F)F)c2)cc1F. The van der Waals surface area contributed by atoms with Crippen LogP contribution in [0.5, 0.6) is 0 Å². The maximum absolute atomic E-state index is 13.8. The van der Waals surface area contributed by atoms with E-state index < -0.39 is 35.0 Å². The summed E-state index contributed by atoms with van der Waals surface area (Å²) >= 11 is 0. The van der Waals surface area contributed by atoms with Crippen molar-refractivity contribution >= 4 is 0 Å². The van der Waals surface area contributed by atoms with Gasteiger partial charge in [-0.3, -0.25) is 0 Å². The molecule has 0 fully saturated rings. The van der Waals surface area contributed by atoms with E-state index in [2.05, 4.69) is 0 Å². The summed E-state index contributed by atoms with van der Waals surface area (Å²) in [5, 5.41) is 10.0. The van der Waals surface area contributed by atoms with E-state index in [0.29, 0.717) is 6.07 Å². The molecule has 0 bridgehead atoms. The number of hydrogen-bond acceptors (Lipinski definition) is 1. The van der Waals surface area contributed by atoms with Gasteiger partial charge >= 0.3 is 6.18 Å². The Morgan fingerprint density at radius 3 is 2.29 bits per heavy atom. The lowest BCUT2D eigenvalue weighted by atomic mass is 9.98. The highest BCUT2D eigenvalue weighted by Gasteiger charge is 2.31. The highest BCUT2D eigenvalue weighted by atomic mass is 19.4. The summed E-state index contributed by atoms with van der Waals surface area (Å²) < 4.78 is 65.0. The topological polar surface area (TPSA) is 20.2 Å². The molecule has 0 aliphatic rings. The fourth-order valence-electron chi connectivity index (χ4n) is 1.94. The monoisotopic (exact) mass is 302 g/mol. The summed E-state index contributed by atoms with van der Waals surface area (Å²) in [6.45, 7) is 1.35. The second kappa shape index (κ2) is 5.44. The normalized spacial score (nSPS) is 13.3. The van der Waals surface area contributed by atoms with Gasteiger partial charge < -0.3 is 5.11 Å². The first-order valence-corrected chi connectivity index (χ1v) is 6.01. The summed E-state index contributed by atoms with van der Waals surface area (Å²) in [7, 11) is 0. The summed E-state index contributed by atoms with van der Waals surface area (Å²) in [6, 6.07) is 5.54. The van der Waals surface area contributed by atoms with Crippen molar-refractivity contribution in [2.24, 2.45) is 0 Å². The minimum Gasteiger partial charge on any atom is -0.384 e. The molecular weight excluding hydrogens is 291 g/mol. The summed E-state index contributed by atoms with van der Waals surface area (Å²) in [5.41, 5.74) is -1.48. The van der Waals surface area contributed by atoms with E-state index >= 15 is 0 Å². The van der Waals surface area contributed by atoms with Crippen LogP contribution >= 0.6 is 0 Å². The van der Waals surface area contributed by atoms with E-state index in [1.807, 2.05) is 0 Å². The molecule has 0 saturated heterocycles. The molecule has 0 aliphatic heterocycles. The van der Waals surface area contributed by atoms with Crippen LogP contribution in [0.1, 0.15) is 28.4 Å². The maximum atomic E-state index is 13.8. The zero-order valence-electron chi connectivity index (χ0n) is 10.9. The van der Waals surface area contributed by atoms with Gasteiger partial charge in [0, 0.05) is 5.56 Å². The number of benzene rings is 2. The number of alkyl halides is 3. The molecule has 0 aromatic heterocycles. The van der Waals surface area contributed by atoms with E-state index in [0.717, 1.165) is 24.3 Å². The van der Waals surface area contributed by atoms with Gasteiger partial charge in [0.05, 0.1) is 5.56 Å². The molecule has 0 amide bonds. The van der Waals surface area contributed by atoms with Crippen molar-refractivity contribution in [3.05, 3.63) is 70.3 Å². The van der Waals surface area contributed by atoms with Crippen molar-refractivity contribution in [1.29, 1.82) is 0 Å². The second-order valence-electron chi connectivity index (χ2n) is 4.65. The summed E-state index contributed by atoms with van der Waals surface area (Å²) in [6.07, 6.45) is -6.25. The van der Waals surface area contributed by atoms with Crippen LogP contribution < -0.4 is 0 Å². The molecule has 0 saturated carbocycles. The fraction of sp³-hybridized carbons (Fsp3) is 0.200. The van der Waals surface area contributed by atoms with Crippen LogP contribution in [0.3, 0.4) is 0 Å². The van der Waals surface area contributed by atoms with Crippen molar-refractivity contribution < 1.29 is 27.1 Å². The van der Waals surface area contributed by atoms with Crippen LogP contribution in [-0.4, -0.2) is 5.11 Å². The molecule has 6 heteroatoms. The average Bonchev–Trinajstić information content (AvgIpc) is 2.41. The van der Waals surface area contributed by atoms with E-state index in [9.17, 15) is 27.1 Å². The smallest absolute Gasteiger partial charge is 0.384 e. The number of hydrogen-bond donors (Lipinski definition) is 1. The number of aliphatic hydroxyl groups is 1. The average molecular weight is 302 g/mol. The lowest BCUT2D eigenvalue weighted by molar-refractivity contribution is -0.137. The quantitative estimate of drug-likeness (QED) is 0.817. The summed E-state index contributed by atoms with van der Waals surface area (Å²) in [5.74, 6) is -1.61. The van der Waals surface area contributed by atoms with Crippen LogP contribution in [-0.2, 0) is 6.18 Å². The lowest BCUT2D eigenvalue weighted by Crippen LogP contribution is -2.08. The van der Waals surface area contributed by atoms with Crippen molar-refractivity contribution in [3.8, 4) is 0 Å². The van der Waals surface area contributed by atoms with Crippen molar-refractivity contribution in [2.45, 2.75) is 19.2 Å². The van der Waals surface area contributed by atoms with E-state index in [-0.39, 0.29) is 11.1 Å². The van der Waals surface area contributed by atoms with Crippen LogP contribution in [0, 0.1) is 18.6 Å². The zero-order chi connectivity index (χ0) is 15.8. The first-order chi connectivity index (χ1) is 9.70. The van der Waals surface area contributed by atoms with E-state index in [1.165, 1.54) is 13.0 Å². The Hall–Kier alpha value is -1.95. The predicted molar refractivity (Wildman–Crippen MR) is 66.6 cm³/mol. The molecule has 2 aromatic rings. The molecule has 0 aliphatic carbocycles. The number of rotatable bonds is 2. The van der Waals surface area contributed by atoms with Crippen LogP contribution in [0.15, 0.2) is 36.4 Å². The molecule has 21 heavy (non-hydrogen) atoms. The van der Waals surface area contributed by atoms with Crippen LogP contribution in [0.4, 0.5) is 22.0 Å². The number of aliphatic hydroxyl groups excluding tert-OH is 1. The fourth-order valence-corrected chi connectivity index (χ4v) is 1.94. The molecule has 112 valence electrons. The Bertz CT molecular complexity index is 664. The molecule has 1 atom stereocenters. The van der Waals surface area contributed by atoms with Gasteiger partial charge in [-0.05, 0) is 42.3 Å². The van der Waals surface area contributed by atoms with Gasteiger partial charge in [-0.15, -0.1) is 0 Å². The van der Waals surface area contributed by atoms with Gasteiger partial charge in [-0.2, -0.15) is 13.2 Å². The highest BCUT2D eigenvalue weighted by molar-refractivity contribution is 5.36. The first kappa shape index (κ1) is 15.4. The van der Waals surface area contributed by atoms with Crippen LogP contribution in [0.2, 0.25) is 0 Å². The number of aryl methyl sites for hydroxylation is 1. The van der Waals surface area contributed by atoms with Gasteiger partial charge in [-0.1, -0.05) is 12.1 Å². The Labute approximate surface area is 117 Å². The molecule has 0 heterocycles. The van der Waals surface area contributed by atoms with E-state index in [1.54, 1.807) is 0 Å². The minimum atomic E-state index is -4.58. The van der Waals surface area contributed by atoms with Gasteiger partial charge in [0.15, 0.2) is 0 Å². The third-order valence-electron chi connectivity index (χ3n) is 3.10. The lowest BCUT2D eigenvalue weighted by Gasteiger charge is -2.15. The maximum Gasteiger partial charge on any atom is 0.416 e. The highest BCUT2D eigenvalue weighted by Crippen LogP contribution is 2.33. The molecule has 1 nitrogen and oxygen atoms in total. The Balaban J connectivity index is 2.45. The molecular formula is C15H11F5O. The first-order valence-electron chi connectivity index (χ1n) is 6.01. The Morgan fingerprint density at radius 1 is 1.00 bits per heavy atom. The van der Waals surface area contributed by atoms with Crippen molar-refractivity contribution in [2.75, 3.05) is 0 Å². The van der Waals surface area contributed by atoms with Gasteiger partial charge in [0.25, 0.3) is 0 Å². The van der Waals surface area contributed by atoms with Gasteiger partial charge in [-0.25, -0.2) is 8.78 Å². The molecule has 0 spiro atoms. The standard InChI is InChI=1S/C15H11F5O/c1-8-5-13(17)11(7-12(8)16)14(21)9-3-2-4-10(6-9)15(18,19)20/h2-7,14,21H,1H3. The van der Waals surface area contributed by atoms with Crippen LogP contribution in [0.25, 0.3) is 0 Å². The van der Waals surface area contributed by atoms with E-state index in [4.69, 9.17) is 0 Å². The largest absolute Gasteiger partial charge is 0.416 e. The molecule has 0 radical (unpaired) electrons.